The molecule has 2 aliphatic rings. The zero-order chi connectivity index (χ0) is 19.3. The van der Waals surface area contributed by atoms with Crippen LogP contribution in [0.4, 0.5) is 26.3 Å². The van der Waals surface area contributed by atoms with Gasteiger partial charge in [-0.05, 0) is 29.2 Å². The van der Waals surface area contributed by atoms with Gasteiger partial charge in [-0.25, -0.2) is 9.59 Å². The van der Waals surface area contributed by atoms with E-state index in [0.717, 1.165) is 12.2 Å². The van der Waals surface area contributed by atoms with E-state index in [-0.39, 0.29) is 22.3 Å². The molecule has 0 atom stereocenters. The van der Waals surface area contributed by atoms with Crippen molar-refractivity contribution in [2.24, 2.45) is 0 Å². The number of alkyl halides is 6. The minimum absolute atomic E-state index is 0.00517. The molecular formula is C17H8F6O3. The molecule has 0 aromatic heterocycles. The van der Waals surface area contributed by atoms with Crippen LogP contribution in [0.5, 0.6) is 0 Å². The second-order valence-electron chi connectivity index (χ2n) is 5.50. The zero-order valence-electron chi connectivity index (χ0n) is 12.7. The van der Waals surface area contributed by atoms with Crippen molar-refractivity contribution < 1.29 is 40.7 Å². The number of esters is 2. The number of allylic oxidation sites excluding steroid dienone is 6. The molecule has 136 valence electrons. The molecule has 1 aliphatic heterocycles. The first-order valence-corrected chi connectivity index (χ1v) is 7.16. The molecule has 9 heteroatoms. The van der Waals surface area contributed by atoms with Crippen LogP contribution in [0.15, 0.2) is 47.6 Å². The summed E-state index contributed by atoms with van der Waals surface area (Å²) in [6.45, 7) is 0. The van der Waals surface area contributed by atoms with E-state index in [4.69, 9.17) is 0 Å². The third-order valence-corrected chi connectivity index (χ3v) is 3.88. The largest absolute Gasteiger partial charge is 0.421 e. The number of rotatable bonds is 1. The van der Waals surface area contributed by atoms with Crippen LogP contribution in [0.2, 0.25) is 0 Å². The van der Waals surface area contributed by atoms with Crippen molar-refractivity contribution in [3.05, 3.63) is 64.3 Å². The fraction of sp³-hybridized carbons (Fsp3) is 0.176. The highest BCUT2D eigenvalue weighted by atomic mass is 19.4. The van der Waals surface area contributed by atoms with Gasteiger partial charge in [0.05, 0.1) is 11.1 Å². The van der Waals surface area contributed by atoms with Crippen molar-refractivity contribution in [1.29, 1.82) is 0 Å². The number of halogens is 6. The molecule has 0 amide bonds. The SMILES string of the molecule is O=C1OC(=O)c2c1cccc2C1=CCC(=C(C(F)(F)F)C(F)(F)F)C=C1. The van der Waals surface area contributed by atoms with Crippen molar-refractivity contribution in [2.75, 3.05) is 0 Å². The molecule has 0 bridgehead atoms. The van der Waals surface area contributed by atoms with Gasteiger partial charge in [0.2, 0.25) is 0 Å². The molecule has 0 radical (unpaired) electrons. The summed E-state index contributed by atoms with van der Waals surface area (Å²) in [5.74, 6) is -1.77. The first-order valence-electron chi connectivity index (χ1n) is 7.16. The van der Waals surface area contributed by atoms with Crippen molar-refractivity contribution in [3.8, 4) is 0 Å². The van der Waals surface area contributed by atoms with Gasteiger partial charge in [0.1, 0.15) is 5.57 Å². The van der Waals surface area contributed by atoms with Gasteiger partial charge < -0.3 is 4.74 Å². The number of carbonyl (C=O) groups is 2. The minimum Gasteiger partial charge on any atom is -0.386 e. The Bertz CT molecular complexity index is 884. The fourth-order valence-electron chi connectivity index (χ4n) is 2.83. The van der Waals surface area contributed by atoms with Gasteiger partial charge in [-0.3, -0.25) is 0 Å². The predicted molar refractivity (Wildman–Crippen MR) is 77.1 cm³/mol. The van der Waals surface area contributed by atoms with Crippen molar-refractivity contribution in [1.82, 2.24) is 0 Å². The second kappa shape index (κ2) is 5.86. The van der Waals surface area contributed by atoms with Gasteiger partial charge in [-0.15, -0.1) is 0 Å². The third-order valence-electron chi connectivity index (χ3n) is 3.88. The third kappa shape index (κ3) is 3.04. The lowest BCUT2D eigenvalue weighted by Gasteiger charge is -2.20. The average Bonchev–Trinajstić information content (AvgIpc) is 2.80. The molecular weight excluding hydrogens is 366 g/mol. The summed E-state index contributed by atoms with van der Waals surface area (Å²) in [6.07, 6.45) is -8.83. The van der Waals surface area contributed by atoms with E-state index in [1.54, 1.807) is 0 Å². The maximum Gasteiger partial charge on any atom is 0.421 e. The van der Waals surface area contributed by atoms with Gasteiger partial charge in [-0.2, -0.15) is 26.3 Å². The van der Waals surface area contributed by atoms with E-state index < -0.39 is 41.9 Å². The maximum absolute atomic E-state index is 12.8. The van der Waals surface area contributed by atoms with E-state index in [1.807, 2.05) is 0 Å². The van der Waals surface area contributed by atoms with E-state index in [2.05, 4.69) is 4.74 Å². The Morgan fingerprint density at radius 3 is 2.04 bits per heavy atom. The predicted octanol–water partition coefficient (Wildman–Crippen LogP) is 4.76. The van der Waals surface area contributed by atoms with Gasteiger partial charge in [0.15, 0.2) is 0 Å². The Balaban J connectivity index is 2.03. The standard InChI is InChI=1S/C17H8F6O3/c18-16(19,20)13(17(21,22)23)9-6-4-8(5-7-9)10-2-1-3-11-12(10)15(25)26-14(11)24/h1-6H,7H2. The van der Waals surface area contributed by atoms with Crippen LogP contribution in [0.25, 0.3) is 5.57 Å². The van der Waals surface area contributed by atoms with Crippen LogP contribution in [0, 0.1) is 0 Å². The first-order chi connectivity index (χ1) is 12.0. The first kappa shape index (κ1) is 18.0. The number of cyclic esters (lactones) is 2. The highest BCUT2D eigenvalue weighted by molar-refractivity contribution is 6.17. The molecule has 1 aromatic carbocycles. The molecule has 1 heterocycles. The minimum atomic E-state index is -5.55. The van der Waals surface area contributed by atoms with Crippen LogP contribution in [-0.4, -0.2) is 24.3 Å². The molecule has 1 aromatic rings. The van der Waals surface area contributed by atoms with Gasteiger partial charge in [0, 0.05) is 0 Å². The number of fused-ring (bicyclic) bond motifs is 1. The molecule has 3 rings (SSSR count). The molecule has 1 aliphatic carbocycles. The average molecular weight is 374 g/mol. The Morgan fingerprint density at radius 2 is 1.50 bits per heavy atom. The summed E-state index contributed by atoms with van der Waals surface area (Å²) in [6, 6.07) is 4.21. The molecule has 26 heavy (non-hydrogen) atoms. The van der Waals surface area contributed by atoms with Crippen LogP contribution >= 0.6 is 0 Å². The monoisotopic (exact) mass is 374 g/mol. The summed E-state index contributed by atoms with van der Waals surface area (Å²) in [4.78, 5) is 23.3. The lowest BCUT2D eigenvalue weighted by atomic mass is 9.90. The molecule has 0 fully saturated rings. The summed E-state index contributed by atoms with van der Waals surface area (Å²) in [5, 5.41) is 0. The summed E-state index contributed by atoms with van der Waals surface area (Å²) < 4.78 is 81.1. The molecule has 0 unspecified atom stereocenters. The Hall–Kier alpha value is -2.84. The Morgan fingerprint density at radius 1 is 0.885 bits per heavy atom. The zero-order valence-corrected chi connectivity index (χ0v) is 12.7. The maximum atomic E-state index is 12.8. The normalized spacial score (nSPS) is 17.2. The summed E-state index contributed by atoms with van der Waals surface area (Å²) >= 11 is 0. The van der Waals surface area contributed by atoms with E-state index in [0.29, 0.717) is 6.08 Å². The second-order valence-corrected chi connectivity index (χ2v) is 5.50. The summed E-state index contributed by atoms with van der Waals surface area (Å²) in [7, 11) is 0. The molecule has 0 spiro atoms. The number of benzene rings is 1. The van der Waals surface area contributed by atoms with Gasteiger partial charge in [0.25, 0.3) is 0 Å². The highest BCUT2D eigenvalue weighted by Crippen LogP contribution is 2.43. The number of hydrogen-bond donors (Lipinski definition) is 0. The summed E-state index contributed by atoms with van der Waals surface area (Å²) in [5.41, 5.74) is -3.14. The van der Waals surface area contributed by atoms with Crippen LogP contribution in [-0.2, 0) is 4.74 Å². The number of ether oxygens (including phenoxy) is 1. The smallest absolute Gasteiger partial charge is 0.386 e. The highest BCUT2D eigenvalue weighted by Gasteiger charge is 2.52. The fourth-order valence-corrected chi connectivity index (χ4v) is 2.83. The van der Waals surface area contributed by atoms with Gasteiger partial charge >= 0.3 is 24.3 Å². The van der Waals surface area contributed by atoms with Crippen LogP contribution < -0.4 is 0 Å². The Kier molecular flexibility index (Phi) is 4.05. The van der Waals surface area contributed by atoms with Crippen LogP contribution in [0.1, 0.15) is 32.7 Å². The van der Waals surface area contributed by atoms with Crippen molar-refractivity contribution >= 4 is 17.5 Å². The van der Waals surface area contributed by atoms with E-state index in [9.17, 15) is 35.9 Å². The quantitative estimate of drug-likeness (QED) is 0.404. The molecule has 0 saturated heterocycles. The Labute approximate surface area is 142 Å². The topological polar surface area (TPSA) is 43.4 Å². The van der Waals surface area contributed by atoms with E-state index >= 15 is 0 Å². The van der Waals surface area contributed by atoms with Crippen LogP contribution in [0.3, 0.4) is 0 Å². The number of hydrogen-bond acceptors (Lipinski definition) is 3. The van der Waals surface area contributed by atoms with Gasteiger partial charge in [-0.1, -0.05) is 30.4 Å². The molecule has 3 nitrogen and oxygen atoms in total. The lowest BCUT2D eigenvalue weighted by Crippen LogP contribution is -2.28. The van der Waals surface area contributed by atoms with Crippen molar-refractivity contribution in [2.45, 2.75) is 18.8 Å². The number of carbonyl (C=O) groups excluding carboxylic acids is 2. The molecule has 0 N–H and O–H groups in total. The molecule has 0 saturated carbocycles. The van der Waals surface area contributed by atoms with Crippen molar-refractivity contribution in [3.63, 3.8) is 0 Å². The van der Waals surface area contributed by atoms with E-state index in [1.165, 1.54) is 18.2 Å². The lowest BCUT2D eigenvalue weighted by molar-refractivity contribution is -0.172.